The third-order valence-corrected chi connectivity index (χ3v) is 5.18. The van der Waals surface area contributed by atoms with E-state index in [1.807, 2.05) is 24.3 Å². The molecule has 0 aliphatic rings. The number of rotatable bonds is 6. The lowest BCUT2D eigenvalue weighted by Crippen LogP contribution is -2.20. The van der Waals surface area contributed by atoms with Crippen LogP contribution in [0.3, 0.4) is 0 Å². The topological polar surface area (TPSA) is 81.4 Å². The number of hydrogen-bond donors (Lipinski definition) is 1. The first-order chi connectivity index (χ1) is 14.0. The van der Waals surface area contributed by atoms with Gasteiger partial charge in [-0.2, -0.15) is 4.52 Å². The number of fused-ring (bicyclic) bond motifs is 1. The van der Waals surface area contributed by atoms with Crippen molar-refractivity contribution in [2.24, 2.45) is 0 Å². The predicted octanol–water partition coefficient (Wildman–Crippen LogP) is 3.88. The fourth-order valence-electron chi connectivity index (χ4n) is 2.71. The van der Waals surface area contributed by atoms with Gasteiger partial charge in [-0.3, -0.25) is 10.1 Å². The third-order valence-electron chi connectivity index (χ3n) is 4.37. The van der Waals surface area contributed by atoms with E-state index in [2.05, 4.69) is 27.5 Å². The Morgan fingerprint density at radius 2 is 2.00 bits per heavy atom. The smallest absolute Gasteiger partial charge is 0.264 e. The molecular formula is C20H18FN5O2S. The van der Waals surface area contributed by atoms with Crippen LogP contribution in [-0.2, 0) is 11.2 Å². The second-order valence-electron chi connectivity index (χ2n) is 6.42. The van der Waals surface area contributed by atoms with Crippen LogP contribution in [0.15, 0.2) is 42.5 Å². The number of benzene rings is 2. The fourth-order valence-corrected chi connectivity index (χ4v) is 3.46. The monoisotopic (exact) mass is 411 g/mol. The summed E-state index contributed by atoms with van der Waals surface area (Å²) in [6.45, 7) is 3.63. The molecule has 0 aliphatic heterocycles. The molecule has 2 aromatic heterocycles. The van der Waals surface area contributed by atoms with Gasteiger partial charge in [-0.05, 0) is 42.7 Å². The number of anilines is 1. The largest absolute Gasteiger partial charge is 0.484 e. The molecule has 4 aromatic rings. The quantitative estimate of drug-likeness (QED) is 0.521. The molecule has 9 heteroatoms. The minimum absolute atomic E-state index is 0.137. The van der Waals surface area contributed by atoms with E-state index in [0.29, 0.717) is 32.8 Å². The van der Waals surface area contributed by atoms with Crippen LogP contribution < -0.4 is 10.1 Å². The highest BCUT2D eigenvalue weighted by Gasteiger charge is 2.16. The van der Waals surface area contributed by atoms with Gasteiger partial charge in [0.25, 0.3) is 5.91 Å². The van der Waals surface area contributed by atoms with E-state index in [1.54, 1.807) is 19.1 Å². The van der Waals surface area contributed by atoms with Crippen molar-refractivity contribution >= 4 is 27.3 Å². The van der Waals surface area contributed by atoms with Crippen LogP contribution in [0.5, 0.6) is 5.75 Å². The van der Waals surface area contributed by atoms with Crippen molar-refractivity contribution in [1.29, 1.82) is 0 Å². The number of carbonyl (C=O) groups is 1. The molecule has 2 heterocycles. The Bertz CT molecular complexity index is 1170. The molecule has 0 atom stereocenters. The van der Waals surface area contributed by atoms with E-state index in [1.165, 1.54) is 27.5 Å². The minimum atomic E-state index is -0.336. The first-order valence-corrected chi connectivity index (χ1v) is 9.85. The molecule has 0 radical (unpaired) electrons. The van der Waals surface area contributed by atoms with Crippen LogP contribution in [0.4, 0.5) is 9.52 Å². The van der Waals surface area contributed by atoms with Gasteiger partial charge in [0.2, 0.25) is 10.1 Å². The van der Waals surface area contributed by atoms with E-state index in [4.69, 9.17) is 4.74 Å². The number of amides is 1. The zero-order valence-corrected chi connectivity index (χ0v) is 16.7. The zero-order valence-electron chi connectivity index (χ0n) is 15.8. The maximum absolute atomic E-state index is 13.9. The van der Waals surface area contributed by atoms with Crippen molar-refractivity contribution < 1.29 is 13.9 Å². The summed E-state index contributed by atoms with van der Waals surface area (Å²) in [5, 5.41) is 15.5. The van der Waals surface area contributed by atoms with Gasteiger partial charge in [0.05, 0.1) is 0 Å². The lowest BCUT2D eigenvalue weighted by atomic mass is 10.1. The van der Waals surface area contributed by atoms with E-state index in [0.717, 1.165) is 6.42 Å². The van der Waals surface area contributed by atoms with Gasteiger partial charge in [-0.15, -0.1) is 15.3 Å². The second-order valence-corrected chi connectivity index (χ2v) is 7.38. The van der Waals surface area contributed by atoms with Gasteiger partial charge in [-0.25, -0.2) is 4.39 Å². The lowest BCUT2D eigenvalue weighted by Gasteiger charge is -2.06. The van der Waals surface area contributed by atoms with E-state index in [9.17, 15) is 9.18 Å². The Hall–Kier alpha value is -3.33. The number of nitrogens with one attached hydrogen (secondary N) is 1. The summed E-state index contributed by atoms with van der Waals surface area (Å²) in [6, 6.07) is 12.4. The van der Waals surface area contributed by atoms with Gasteiger partial charge < -0.3 is 4.74 Å². The molecule has 0 fully saturated rings. The summed E-state index contributed by atoms with van der Waals surface area (Å²) in [7, 11) is 0. The van der Waals surface area contributed by atoms with Crippen LogP contribution in [0.2, 0.25) is 0 Å². The fraction of sp³-hybridized carbons (Fsp3) is 0.200. The highest BCUT2D eigenvalue weighted by atomic mass is 32.1. The van der Waals surface area contributed by atoms with Crippen molar-refractivity contribution in [2.45, 2.75) is 20.3 Å². The maximum Gasteiger partial charge on any atom is 0.264 e. The molecule has 7 nitrogen and oxygen atoms in total. The first kappa shape index (κ1) is 19.0. The van der Waals surface area contributed by atoms with Crippen molar-refractivity contribution in [3.63, 3.8) is 0 Å². The molecule has 1 amide bonds. The predicted molar refractivity (Wildman–Crippen MR) is 109 cm³/mol. The van der Waals surface area contributed by atoms with Gasteiger partial charge in [-0.1, -0.05) is 42.5 Å². The van der Waals surface area contributed by atoms with Gasteiger partial charge >= 0.3 is 0 Å². The van der Waals surface area contributed by atoms with E-state index in [-0.39, 0.29) is 18.3 Å². The van der Waals surface area contributed by atoms with Crippen LogP contribution in [0, 0.1) is 12.7 Å². The van der Waals surface area contributed by atoms with Crippen LogP contribution in [-0.4, -0.2) is 32.3 Å². The number of carbonyl (C=O) groups excluding carboxylic acids is 1. The Morgan fingerprint density at radius 3 is 2.72 bits per heavy atom. The summed E-state index contributed by atoms with van der Waals surface area (Å²) in [5.41, 5.74) is 2.30. The molecule has 0 saturated heterocycles. The van der Waals surface area contributed by atoms with Crippen molar-refractivity contribution in [3.8, 4) is 17.1 Å². The van der Waals surface area contributed by atoms with Crippen LogP contribution in [0.1, 0.15) is 18.1 Å². The standard InChI is InChI=1S/C20H18FN5O2S/c1-3-13-5-8-15(9-6-13)28-11-17(27)22-19-25-26-18(23-24-20(26)29-19)14-7-4-12(2)16(21)10-14/h4-10H,3,11H2,1-2H3,(H,22,25,27). The average Bonchev–Trinajstić information content (AvgIpc) is 3.29. The molecule has 0 aliphatic carbocycles. The number of ether oxygens (including phenoxy) is 1. The molecular weight excluding hydrogens is 393 g/mol. The number of hydrogen-bond acceptors (Lipinski definition) is 6. The van der Waals surface area contributed by atoms with Gasteiger partial charge in [0, 0.05) is 5.56 Å². The van der Waals surface area contributed by atoms with Gasteiger partial charge in [0.15, 0.2) is 12.4 Å². The lowest BCUT2D eigenvalue weighted by molar-refractivity contribution is -0.118. The summed E-state index contributed by atoms with van der Waals surface area (Å²) in [4.78, 5) is 12.7. The molecule has 0 spiro atoms. The zero-order chi connectivity index (χ0) is 20.4. The normalized spacial score (nSPS) is 11.0. The second kappa shape index (κ2) is 7.96. The third kappa shape index (κ3) is 4.09. The molecule has 0 unspecified atom stereocenters. The molecule has 148 valence electrons. The summed E-state index contributed by atoms with van der Waals surface area (Å²) >= 11 is 1.17. The molecule has 2 aromatic carbocycles. The highest BCUT2D eigenvalue weighted by Crippen LogP contribution is 2.25. The first-order valence-electron chi connectivity index (χ1n) is 9.04. The van der Waals surface area contributed by atoms with Crippen molar-refractivity contribution in [3.05, 3.63) is 59.4 Å². The molecule has 29 heavy (non-hydrogen) atoms. The minimum Gasteiger partial charge on any atom is -0.484 e. The Kier molecular flexibility index (Phi) is 5.22. The summed E-state index contributed by atoms with van der Waals surface area (Å²) < 4.78 is 20.9. The van der Waals surface area contributed by atoms with E-state index >= 15 is 0 Å². The Labute approximate surface area is 170 Å². The highest BCUT2D eigenvalue weighted by molar-refractivity contribution is 7.20. The van der Waals surface area contributed by atoms with Crippen molar-refractivity contribution in [2.75, 3.05) is 11.9 Å². The van der Waals surface area contributed by atoms with Gasteiger partial charge in [0.1, 0.15) is 11.6 Å². The molecule has 0 saturated carbocycles. The summed E-state index contributed by atoms with van der Waals surface area (Å²) in [5.74, 6) is 0.367. The number of aromatic nitrogens is 4. The van der Waals surface area contributed by atoms with E-state index < -0.39 is 0 Å². The Morgan fingerprint density at radius 1 is 1.21 bits per heavy atom. The number of aryl methyl sites for hydroxylation is 2. The maximum atomic E-state index is 13.9. The van der Waals surface area contributed by atoms with Crippen molar-refractivity contribution in [1.82, 2.24) is 19.8 Å². The molecule has 0 bridgehead atoms. The number of nitrogens with zero attached hydrogens (tertiary/aromatic N) is 4. The van der Waals surface area contributed by atoms with Crippen LogP contribution >= 0.6 is 11.3 Å². The molecule has 4 rings (SSSR count). The summed E-state index contributed by atoms with van der Waals surface area (Å²) in [6.07, 6.45) is 0.943. The number of halogens is 1. The SMILES string of the molecule is CCc1ccc(OCC(=O)Nc2nn3c(-c4ccc(C)c(F)c4)nnc3s2)cc1. The Balaban J connectivity index is 1.45. The molecule has 1 N–H and O–H groups in total. The van der Waals surface area contributed by atoms with Crippen LogP contribution in [0.25, 0.3) is 16.3 Å². The average molecular weight is 411 g/mol.